The molecule has 0 spiro atoms. The van der Waals surface area contributed by atoms with E-state index in [1.54, 1.807) is 12.1 Å². The van der Waals surface area contributed by atoms with Crippen molar-refractivity contribution in [2.24, 2.45) is 10.9 Å². The lowest BCUT2D eigenvalue weighted by atomic mass is 10.2. The van der Waals surface area contributed by atoms with Crippen molar-refractivity contribution in [2.45, 2.75) is 13.5 Å². The highest BCUT2D eigenvalue weighted by Crippen LogP contribution is 2.16. The van der Waals surface area contributed by atoms with Gasteiger partial charge in [0.25, 0.3) is 0 Å². The molecule has 17 heavy (non-hydrogen) atoms. The van der Waals surface area contributed by atoms with Gasteiger partial charge < -0.3 is 10.9 Å². The van der Waals surface area contributed by atoms with Gasteiger partial charge in [-0.3, -0.25) is 4.90 Å². The van der Waals surface area contributed by atoms with Crippen molar-refractivity contribution in [3.63, 3.8) is 0 Å². The Bertz CT molecular complexity index is 412. The normalized spacial score (nSPS) is 12.1. The maximum atomic E-state index is 13.6. The van der Waals surface area contributed by atoms with Crippen molar-refractivity contribution in [2.75, 3.05) is 13.1 Å². The molecule has 3 N–H and O–H groups in total. The summed E-state index contributed by atoms with van der Waals surface area (Å²) in [7, 11) is 0. The third kappa shape index (κ3) is 4.32. The third-order valence-corrected chi connectivity index (χ3v) is 2.86. The average molecular weight is 304 g/mol. The number of nitrogens with zero attached hydrogens (tertiary/aromatic N) is 2. The quantitative estimate of drug-likeness (QED) is 0.379. The van der Waals surface area contributed by atoms with Gasteiger partial charge in [-0.15, -0.1) is 0 Å². The predicted molar refractivity (Wildman–Crippen MR) is 68.5 cm³/mol. The molecular weight excluding hydrogens is 289 g/mol. The fourth-order valence-corrected chi connectivity index (χ4v) is 1.76. The zero-order chi connectivity index (χ0) is 12.8. The van der Waals surface area contributed by atoms with Gasteiger partial charge in [0.2, 0.25) is 0 Å². The van der Waals surface area contributed by atoms with Gasteiger partial charge in [0.15, 0.2) is 5.84 Å². The molecule has 94 valence electrons. The second-order valence-corrected chi connectivity index (χ2v) is 4.55. The van der Waals surface area contributed by atoms with Crippen LogP contribution >= 0.6 is 15.9 Å². The predicted octanol–water partition coefficient (Wildman–Crippen LogP) is 2.16. The molecule has 0 heterocycles. The van der Waals surface area contributed by atoms with E-state index in [9.17, 15) is 4.39 Å². The molecule has 1 aromatic rings. The maximum Gasteiger partial charge on any atom is 0.153 e. The van der Waals surface area contributed by atoms with E-state index in [4.69, 9.17) is 10.9 Å². The Kier molecular flexibility index (Phi) is 5.37. The van der Waals surface area contributed by atoms with E-state index in [1.165, 1.54) is 6.07 Å². The Hall–Kier alpha value is -1.14. The van der Waals surface area contributed by atoms with Gasteiger partial charge in [0, 0.05) is 16.6 Å². The first-order valence-electron chi connectivity index (χ1n) is 5.19. The summed E-state index contributed by atoms with van der Waals surface area (Å²) in [4.78, 5) is 1.88. The molecule has 0 saturated heterocycles. The molecule has 0 aliphatic rings. The molecule has 1 aromatic carbocycles. The van der Waals surface area contributed by atoms with Crippen LogP contribution in [0, 0.1) is 5.82 Å². The highest BCUT2D eigenvalue weighted by Gasteiger charge is 2.09. The summed E-state index contributed by atoms with van der Waals surface area (Å²) in [6, 6.07) is 4.93. The molecule has 0 radical (unpaired) electrons. The third-order valence-electron chi connectivity index (χ3n) is 2.37. The molecule has 0 saturated carbocycles. The van der Waals surface area contributed by atoms with Gasteiger partial charge in [-0.05, 0) is 18.7 Å². The second kappa shape index (κ2) is 6.56. The van der Waals surface area contributed by atoms with Crippen LogP contribution in [0.2, 0.25) is 0 Å². The van der Waals surface area contributed by atoms with Gasteiger partial charge in [0.05, 0.1) is 6.54 Å². The van der Waals surface area contributed by atoms with Crippen molar-refractivity contribution < 1.29 is 9.60 Å². The first kappa shape index (κ1) is 13.9. The molecule has 0 amide bonds. The largest absolute Gasteiger partial charge is 0.409 e. The number of likely N-dealkylation sites (N-methyl/N-ethyl adjacent to an activating group) is 1. The minimum atomic E-state index is -0.266. The lowest BCUT2D eigenvalue weighted by Crippen LogP contribution is -2.33. The van der Waals surface area contributed by atoms with Gasteiger partial charge in [-0.1, -0.05) is 34.1 Å². The monoisotopic (exact) mass is 303 g/mol. The fraction of sp³-hybridized carbons (Fsp3) is 0.364. The molecule has 0 bridgehead atoms. The number of amidine groups is 1. The van der Waals surface area contributed by atoms with Gasteiger partial charge in [-0.2, -0.15) is 0 Å². The van der Waals surface area contributed by atoms with Crippen molar-refractivity contribution in [1.29, 1.82) is 0 Å². The van der Waals surface area contributed by atoms with E-state index in [0.717, 1.165) is 0 Å². The number of rotatable bonds is 5. The van der Waals surface area contributed by atoms with Crippen LogP contribution in [-0.2, 0) is 6.54 Å². The Morgan fingerprint density at radius 3 is 2.82 bits per heavy atom. The molecule has 1 rings (SSSR count). The Labute approximate surface area is 108 Å². The van der Waals surface area contributed by atoms with E-state index in [0.29, 0.717) is 29.7 Å². The van der Waals surface area contributed by atoms with E-state index in [-0.39, 0.29) is 11.7 Å². The fourth-order valence-electron chi connectivity index (χ4n) is 1.43. The Morgan fingerprint density at radius 2 is 2.29 bits per heavy atom. The zero-order valence-electron chi connectivity index (χ0n) is 9.53. The summed E-state index contributed by atoms with van der Waals surface area (Å²) in [5.41, 5.74) is 6.01. The summed E-state index contributed by atoms with van der Waals surface area (Å²) < 4.78 is 14.3. The van der Waals surface area contributed by atoms with Crippen molar-refractivity contribution in [3.8, 4) is 0 Å². The average Bonchev–Trinajstić information content (AvgIpc) is 2.31. The molecule has 4 nitrogen and oxygen atoms in total. The number of oxime groups is 1. The summed E-state index contributed by atoms with van der Waals surface area (Å²) >= 11 is 3.21. The standard InChI is InChI=1S/C11H15BrFN3O/c1-2-16(7-11(14)15-17)6-8-3-4-9(12)5-10(8)13/h3-5,17H,2,6-7H2,1H3,(H2,14,15). The summed E-state index contributed by atoms with van der Waals surface area (Å²) in [5.74, 6) is -0.151. The Morgan fingerprint density at radius 1 is 1.59 bits per heavy atom. The molecular formula is C11H15BrFN3O. The first-order chi connectivity index (χ1) is 8.06. The minimum absolute atomic E-state index is 0.115. The number of benzene rings is 1. The van der Waals surface area contributed by atoms with Crippen LogP contribution in [0.5, 0.6) is 0 Å². The minimum Gasteiger partial charge on any atom is -0.409 e. The number of hydrogen-bond donors (Lipinski definition) is 2. The van der Waals surface area contributed by atoms with Gasteiger partial charge in [-0.25, -0.2) is 4.39 Å². The van der Waals surface area contributed by atoms with Gasteiger partial charge in [0.1, 0.15) is 5.82 Å². The van der Waals surface area contributed by atoms with E-state index < -0.39 is 0 Å². The van der Waals surface area contributed by atoms with Crippen molar-refractivity contribution >= 4 is 21.8 Å². The smallest absolute Gasteiger partial charge is 0.153 e. The van der Waals surface area contributed by atoms with Crippen LogP contribution in [0.4, 0.5) is 4.39 Å². The van der Waals surface area contributed by atoms with Crippen molar-refractivity contribution in [1.82, 2.24) is 4.90 Å². The van der Waals surface area contributed by atoms with Crippen LogP contribution in [0.3, 0.4) is 0 Å². The highest BCUT2D eigenvalue weighted by molar-refractivity contribution is 9.10. The second-order valence-electron chi connectivity index (χ2n) is 3.63. The SMILES string of the molecule is CCN(CC(N)=NO)Cc1ccc(Br)cc1F. The molecule has 0 aromatic heterocycles. The summed E-state index contributed by atoms with van der Waals surface area (Å²) in [6.07, 6.45) is 0. The Balaban J connectivity index is 2.73. The van der Waals surface area contributed by atoms with E-state index in [1.807, 2.05) is 11.8 Å². The molecule has 6 heteroatoms. The first-order valence-corrected chi connectivity index (χ1v) is 5.98. The molecule has 0 unspecified atom stereocenters. The number of nitrogens with two attached hydrogens (primary N) is 1. The van der Waals surface area contributed by atoms with Crippen molar-refractivity contribution in [3.05, 3.63) is 34.1 Å². The molecule has 0 aliphatic carbocycles. The van der Waals surface area contributed by atoms with Crippen LogP contribution in [0.15, 0.2) is 27.8 Å². The molecule has 0 fully saturated rings. The number of halogens is 2. The lowest BCUT2D eigenvalue weighted by Gasteiger charge is -2.19. The topological polar surface area (TPSA) is 61.8 Å². The zero-order valence-corrected chi connectivity index (χ0v) is 11.1. The van der Waals surface area contributed by atoms with Crippen LogP contribution in [-0.4, -0.2) is 29.0 Å². The van der Waals surface area contributed by atoms with E-state index in [2.05, 4.69) is 21.1 Å². The molecule has 0 atom stereocenters. The van der Waals surface area contributed by atoms with Crippen LogP contribution in [0.1, 0.15) is 12.5 Å². The summed E-state index contributed by atoms with van der Waals surface area (Å²) in [5, 5.41) is 11.4. The van der Waals surface area contributed by atoms with E-state index >= 15 is 0 Å². The molecule has 0 aliphatic heterocycles. The summed E-state index contributed by atoms with van der Waals surface area (Å²) in [6.45, 7) is 3.35. The highest BCUT2D eigenvalue weighted by atomic mass is 79.9. The van der Waals surface area contributed by atoms with Gasteiger partial charge >= 0.3 is 0 Å². The lowest BCUT2D eigenvalue weighted by molar-refractivity contribution is 0.292. The maximum absolute atomic E-state index is 13.6. The number of hydrogen-bond acceptors (Lipinski definition) is 3. The van der Waals surface area contributed by atoms with Crippen LogP contribution in [0.25, 0.3) is 0 Å². The van der Waals surface area contributed by atoms with Crippen LogP contribution < -0.4 is 5.73 Å².